The van der Waals surface area contributed by atoms with Gasteiger partial charge in [0.25, 0.3) is 0 Å². The monoisotopic (exact) mass is 347 g/mol. The van der Waals surface area contributed by atoms with E-state index in [1.165, 1.54) is 50.7 Å². The normalized spacial score (nSPS) is 11.1. The highest BCUT2D eigenvalue weighted by atomic mass is 16.5. The maximum Gasteiger partial charge on any atom is 0.338 e. The number of esters is 1. The Bertz CT molecular complexity index is 526. The number of rotatable bonds is 13. The Morgan fingerprint density at radius 1 is 1.04 bits per heavy atom. The minimum Gasteiger partial charge on any atom is -0.506 e. The smallest absolute Gasteiger partial charge is 0.338 e. The average Bonchev–Trinajstić information content (AvgIpc) is 2.61. The summed E-state index contributed by atoms with van der Waals surface area (Å²) in [6.07, 6.45) is 16.5. The first-order chi connectivity index (χ1) is 12.1. The van der Waals surface area contributed by atoms with Crippen molar-refractivity contribution in [2.45, 2.75) is 71.1 Å². The van der Waals surface area contributed by atoms with Crippen molar-refractivity contribution in [1.82, 2.24) is 0 Å². The van der Waals surface area contributed by atoms with Gasteiger partial charge in [-0.25, -0.2) is 4.79 Å². The highest BCUT2D eigenvalue weighted by Gasteiger charge is 2.09. The lowest BCUT2D eigenvalue weighted by Gasteiger charge is -2.06. The molecule has 0 aliphatic carbocycles. The van der Waals surface area contributed by atoms with Crippen molar-refractivity contribution < 1.29 is 14.6 Å². The zero-order valence-corrected chi connectivity index (χ0v) is 15.5. The number of carbonyl (C=O) groups excluding carboxylic acids is 1. The average molecular weight is 347 g/mol. The number of anilines is 1. The number of phenolic OH excluding ortho intramolecular Hbond substituents is 1. The molecule has 0 saturated heterocycles. The number of benzene rings is 1. The molecule has 0 bridgehead atoms. The van der Waals surface area contributed by atoms with E-state index in [1.807, 2.05) is 0 Å². The van der Waals surface area contributed by atoms with Crippen LogP contribution >= 0.6 is 0 Å². The largest absolute Gasteiger partial charge is 0.506 e. The van der Waals surface area contributed by atoms with Crippen LogP contribution in [0, 0.1) is 0 Å². The van der Waals surface area contributed by atoms with Gasteiger partial charge in [0, 0.05) is 0 Å². The van der Waals surface area contributed by atoms with E-state index in [9.17, 15) is 9.90 Å². The standard InChI is InChI=1S/C21H33NO3/c1-2-3-4-5-6-7-8-9-10-11-12-13-16-25-21(24)18-14-15-19(22)20(23)17-18/h7-8,14-15,17,23H,2-6,9-13,16,22H2,1H3. The molecule has 0 aliphatic rings. The molecular formula is C21H33NO3. The molecule has 0 aliphatic heterocycles. The molecule has 0 aromatic heterocycles. The van der Waals surface area contributed by atoms with Gasteiger partial charge in [-0.05, 0) is 50.3 Å². The molecule has 4 heteroatoms. The van der Waals surface area contributed by atoms with E-state index in [1.54, 1.807) is 6.07 Å². The fourth-order valence-electron chi connectivity index (χ4n) is 2.56. The molecule has 0 atom stereocenters. The lowest BCUT2D eigenvalue weighted by atomic mass is 10.1. The summed E-state index contributed by atoms with van der Waals surface area (Å²) in [6.45, 7) is 2.65. The van der Waals surface area contributed by atoms with Crippen molar-refractivity contribution in [3.63, 3.8) is 0 Å². The summed E-state index contributed by atoms with van der Waals surface area (Å²) in [5, 5.41) is 9.49. The molecule has 0 radical (unpaired) electrons. The fourth-order valence-corrected chi connectivity index (χ4v) is 2.56. The van der Waals surface area contributed by atoms with E-state index in [-0.39, 0.29) is 11.4 Å². The van der Waals surface area contributed by atoms with Crippen LogP contribution in [-0.2, 0) is 4.74 Å². The number of hydrogen-bond donors (Lipinski definition) is 2. The molecule has 25 heavy (non-hydrogen) atoms. The summed E-state index contributed by atoms with van der Waals surface area (Å²) in [4.78, 5) is 11.8. The highest BCUT2D eigenvalue weighted by Crippen LogP contribution is 2.21. The van der Waals surface area contributed by atoms with Crippen molar-refractivity contribution in [2.75, 3.05) is 12.3 Å². The number of hydrogen-bond acceptors (Lipinski definition) is 4. The minimum atomic E-state index is -0.415. The third kappa shape index (κ3) is 9.80. The molecule has 0 fully saturated rings. The zero-order chi connectivity index (χ0) is 18.3. The molecule has 0 heterocycles. The lowest BCUT2D eigenvalue weighted by Crippen LogP contribution is -2.06. The minimum absolute atomic E-state index is 0.0899. The van der Waals surface area contributed by atoms with Crippen LogP contribution < -0.4 is 5.73 Å². The van der Waals surface area contributed by atoms with Crippen LogP contribution in [-0.4, -0.2) is 17.7 Å². The molecular weight excluding hydrogens is 314 g/mol. The first kappa shape index (κ1) is 21.1. The van der Waals surface area contributed by atoms with Crippen LogP contribution in [0.1, 0.15) is 81.5 Å². The number of ether oxygens (including phenoxy) is 1. The van der Waals surface area contributed by atoms with Gasteiger partial charge >= 0.3 is 5.97 Å². The van der Waals surface area contributed by atoms with Gasteiger partial charge in [0.1, 0.15) is 5.75 Å². The Balaban J connectivity index is 1.98. The number of nitrogen functional groups attached to an aromatic ring is 1. The number of aromatic hydroxyl groups is 1. The zero-order valence-electron chi connectivity index (χ0n) is 15.5. The lowest BCUT2D eigenvalue weighted by molar-refractivity contribution is 0.0497. The molecule has 1 aromatic carbocycles. The molecule has 4 nitrogen and oxygen atoms in total. The van der Waals surface area contributed by atoms with Crippen LogP contribution in [0.15, 0.2) is 30.4 Å². The van der Waals surface area contributed by atoms with E-state index in [2.05, 4.69) is 19.1 Å². The van der Waals surface area contributed by atoms with Gasteiger partial charge in [0.2, 0.25) is 0 Å². The fraction of sp³-hybridized carbons (Fsp3) is 0.571. The SMILES string of the molecule is CCCCCCC=CCCCCCCOC(=O)c1ccc(N)c(O)c1. The Morgan fingerprint density at radius 2 is 1.68 bits per heavy atom. The van der Waals surface area contributed by atoms with Crippen LogP contribution in [0.25, 0.3) is 0 Å². The molecule has 1 rings (SSSR count). The van der Waals surface area contributed by atoms with Crippen molar-refractivity contribution in [2.24, 2.45) is 0 Å². The molecule has 0 spiro atoms. The first-order valence-corrected chi connectivity index (χ1v) is 9.55. The summed E-state index contributed by atoms with van der Waals surface area (Å²) < 4.78 is 5.21. The van der Waals surface area contributed by atoms with Crippen molar-refractivity contribution in [3.8, 4) is 5.75 Å². The van der Waals surface area contributed by atoms with Gasteiger partial charge in [-0.3, -0.25) is 0 Å². The second-order valence-corrected chi connectivity index (χ2v) is 6.43. The van der Waals surface area contributed by atoms with Crippen molar-refractivity contribution in [1.29, 1.82) is 0 Å². The Kier molecular flexibility index (Phi) is 11.2. The summed E-state index contributed by atoms with van der Waals surface area (Å²) in [5.74, 6) is -0.505. The summed E-state index contributed by atoms with van der Waals surface area (Å²) in [7, 11) is 0. The van der Waals surface area contributed by atoms with Crippen LogP contribution in [0.2, 0.25) is 0 Å². The highest BCUT2D eigenvalue weighted by molar-refractivity contribution is 5.90. The number of nitrogens with two attached hydrogens (primary N) is 1. The first-order valence-electron chi connectivity index (χ1n) is 9.55. The maximum atomic E-state index is 11.8. The number of carbonyl (C=O) groups is 1. The predicted octanol–water partition coefficient (Wildman–Crippen LogP) is 5.61. The second-order valence-electron chi connectivity index (χ2n) is 6.43. The Morgan fingerprint density at radius 3 is 2.32 bits per heavy atom. The molecule has 140 valence electrons. The maximum absolute atomic E-state index is 11.8. The summed E-state index contributed by atoms with van der Waals surface area (Å²) >= 11 is 0. The Labute approximate surface area is 152 Å². The van der Waals surface area contributed by atoms with Gasteiger partial charge in [-0.2, -0.15) is 0 Å². The second kappa shape index (κ2) is 13.3. The Hall–Kier alpha value is -1.97. The van der Waals surface area contributed by atoms with Gasteiger partial charge < -0.3 is 15.6 Å². The van der Waals surface area contributed by atoms with E-state index < -0.39 is 5.97 Å². The van der Waals surface area contributed by atoms with E-state index >= 15 is 0 Å². The molecule has 0 amide bonds. The van der Waals surface area contributed by atoms with Crippen molar-refractivity contribution >= 4 is 11.7 Å². The van der Waals surface area contributed by atoms with Crippen LogP contribution in [0.5, 0.6) is 5.75 Å². The van der Waals surface area contributed by atoms with E-state index in [4.69, 9.17) is 10.5 Å². The third-order valence-electron chi connectivity index (χ3n) is 4.16. The summed E-state index contributed by atoms with van der Waals surface area (Å²) in [6, 6.07) is 4.40. The quantitative estimate of drug-likeness (QED) is 0.160. The van der Waals surface area contributed by atoms with E-state index in [0.717, 1.165) is 25.7 Å². The predicted molar refractivity (Wildman–Crippen MR) is 104 cm³/mol. The molecule has 1 aromatic rings. The van der Waals surface area contributed by atoms with Gasteiger partial charge in [-0.1, -0.05) is 51.2 Å². The van der Waals surface area contributed by atoms with Gasteiger partial charge in [0.15, 0.2) is 0 Å². The topological polar surface area (TPSA) is 72.5 Å². The number of phenols is 1. The van der Waals surface area contributed by atoms with Crippen LogP contribution in [0.4, 0.5) is 5.69 Å². The van der Waals surface area contributed by atoms with E-state index in [0.29, 0.717) is 12.2 Å². The molecule has 3 N–H and O–H groups in total. The van der Waals surface area contributed by atoms with Gasteiger partial charge in [0.05, 0.1) is 17.9 Å². The molecule has 0 saturated carbocycles. The molecule has 0 unspecified atom stereocenters. The summed E-state index contributed by atoms with van der Waals surface area (Å²) in [5.41, 5.74) is 6.09. The van der Waals surface area contributed by atoms with Crippen molar-refractivity contribution in [3.05, 3.63) is 35.9 Å². The number of unbranched alkanes of at least 4 members (excludes halogenated alkanes) is 8. The third-order valence-corrected chi connectivity index (χ3v) is 4.16. The van der Waals surface area contributed by atoms with Crippen LogP contribution in [0.3, 0.4) is 0 Å². The van der Waals surface area contributed by atoms with Gasteiger partial charge in [-0.15, -0.1) is 0 Å². The number of allylic oxidation sites excluding steroid dienone is 2.